The Balaban J connectivity index is 1.92. The fourth-order valence-corrected chi connectivity index (χ4v) is 4.60. The van der Waals surface area contributed by atoms with Gasteiger partial charge in [0.05, 0.1) is 11.1 Å². The number of nitrogens with zero attached hydrogens (tertiary/aromatic N) is 3. The third-order valence-electron chi connectivity index (χ3n) is 5.74. The topological polar surface area (TPSA) is 54.5 Å². The van der Waals surface area contributed by atoms with Gasteiger partial charge in [-0.2, -0.15) is 5.10 Å². The van der Waals surface area contributed by atoms with Gasteiger partial charge in [0, 0.05) is 0 Å². The summed E-state index contributed by atoms with van der Waals surface area (Å²) >= 11 is 6.74. The zero-order valence-corrected chi connectivity index (χ0v) is 17.8. The molecule has 5 heteroatoms. The molecule has 0 aliphatic carbocycles. The lowest BCUT2D eigenvalue weighted by molar-refractivity contribution is 0.684. The summed E-state index contributed by atoms with van der Waals surface area (Å²) in [5.74, 6) is 0.611. The Bertz CT molecular complexity index is 1220. The molecule has 0 aliphatic rings. The molecule has 2 heterocycles. The molecule has 152 valence electrons. The van der Waals surface area contributed by atoms with Gasteiger partial charge in [-0.15, -0.1) is 0 Å². The number of fused-ring (bicyclic) bond motifs is 1. The molecule has 0 aliphatic heterocycles. The molecule has 1 N–H and O–H groups in total. The molecule has 0 spiro atoms. The highest BCUT2D eigenvalue weighted by atomic mass is 35.5. The van der Waals surface area contributed by atoms with Crippen LogP contribution in [0.3, 0.4) is 0 Å². The molecular formula is C26H21ClN4. The van der Waals surface area contributed by atoms with Crippen LogP contribution in [0, 0.1) is 0 Å². The molecule has 0 amide bonds. The Morgan fingerprint density at radius 2 is 1.23 bits per heavy atom. The van der Waals surface area contributed by atoms with Crippen LogP contribution in [0.5, 0.6) is 0 Å². The second kappa shape index (κ2) is 7.97. The van der Waals surface area contributed by atoms with Gasteiger partial charge in [-0.1, -0.05) is 110 Å². The van der Waals surface area contributed by atoms with Crippen LogP contribution in [0.2, 0.25) is 5.15 Å². The van der Waals surface area contributed by atoms with E-state index < -0.39 is 5.41 Å². The highest BCUT2D eigenvalue weighted by Gasteiger charge is 2.41. The Labute approximate surface area is 186 Å². The summed E-state index contributed by atoms with van der Waals surface area (Å²) in [6, 6.07) is 31.0. The van der Waals surface area contributed by atoms with Gasteiger partial charge in [-0.25, -0.2) is 9.97 Å². The molecule has 0 saturated heterocycles. The summed E-state index contributed by atoms with van der Waals surface area (Å²) in [4.78, 5) is 9.87. The molecule has 0 radical (unpaired) electrons. The lowest BCUT2D eigenvalue weighted by Crippen LogP contribution is -2.33. The average Bonchev–Trinajstić information content (AvgIpc) is 3.26. The first kappa shape index (κ1) is 19.5. The van der Waals surface area contributed by atoms with E-state index in [0.717, 1.165) is 34.2 Å². The van der Waals surface area contributed by atoms with E-state index in [1.54, 1.807) is 0 Å². The van der Waals surface area contributed by atoms with Crippen molar-refractivity contribution in [2.24, 2.45) is 0 Å². The third-order valence-corrected chi connectivity index (χ3v) is 6.01. The minimum Gasteiger partial charge on any atom is -0.260 e. The van der Waals surface area contributed by atoms with Gasteiger partial charge in [0.25, 0.3) is 0 Å². The Kier molecular flexibility index (Phi) is 5.00. The molecule has 0 fully saturated rings. The molecule has 0 unspecified atom stereocenters. The van der Waals surface area contributed by atoms with E-state index in [4.69, 9.17) is 21.6 Å². The quantitative estimate of drug-likeness (QED) is 0.280. The number of nitrogens with one attached hydrogen (secondary N) is 1. The fourth-order valence-electron chi connectivity index (χ4n) is 4.32. The van der Waals surface area contributed by atoms with Crippen LogP contribution in [0.15, 0.2) is 91.0 Å². The number of hydrogen-bond donors (Lipinski definition) is 1. The van der Waals surface area contributed by atoms with Crippen LogP contribution in [0.25, 0.3) is 11.0 Å². The van der Waals surface area contributed by atoms with Crippen molar-refractivity contribution >= 4 is 22.6 Å². The monoisotopic (exact) mass is 424 g/mol. The second-order valence-electron chi connectivity index (χ2n) is 7.43. The smallest absolute Gasteiger partial charge is 0.160 e. The predicted molar refractivity (Wildman–Crippen MR) is 124 cm³/mol. The van der Waals surface area contributed by atoms with Gasteiger partial charge in [0.1, 0.15) is 10.6 Å². The lowest BCUT2D eigenvalue weighted by Gasteiger charge is -2.34. The van der Waals surface area contributed by atoms with Gasteiger partial charge in [-0.3, -0.25) is 5.10 Å². The number of H-pyrrole nitrogens is 1. The van der Waals surface area contributed by atoms with Crippen molar-refractivity contribution in [1.82, 2.24) is 20.2 Å². The zero-order chi connectivity index (χ0) is 21.3. The van der Waals surface area contributed by atoms with Crippen molar-refractivity contribution in [3.8, 4) is 0 Å². The average molecular weight is 425 g/mol. The van der Waals surface area contributed by atoms with Gasteiger partial charge < -0.3 is 0 Å². The van der Waals surface area contributed by atoms with Crippen molar-refractivity contribution in [2.75, 3.05) is 0 Å². The molecular weight excluding hydrogens is 404 g/mol. The number of aromatic nitrogens is 4. The maximum Gasteiger partial charge on any atom is 0.160 e. The van der Waals surface area contributed by atoms with Crippen LogP contribution < -0.4 is 0 Å². The van der Waals surface area contributed by atoms with Crippen molar-refractivity contribution in [1.29, 1.82) is 0 Å². The van der Waals surface area contributed by atoms with Crippen molar-refractivity contribution in [3.05, 3.63) is 124 Å². The van der Waals surface area contributed by atoms with E-state index >= 15 is 0 Å². The van der Waals surface area contributed by atoms with Gasteiger partial charge in [0.15, 0.2) is 11.5 Å². The number of benzene rings is 3. The predicted octanol–water partition coefficient (Wildman–Crippen LogP) is 5.95. The van der Waals surface area contributed by atoms with Crippen LogP contribution in [-0.2, 0) is 11.8 Å². The largest absolute Gasteiger partial charge is 0.260 e. The van der Waals surface area contributed by atoms with Crippen LogP contribution in [0.4, 0.5) is 0 Å². The standard InChI is InChI=1S/C26H21ClN4/c1-2-21-22-23(27)28-25(29-24(22)31-30-21)26(18-12-6-3-7-13-18,19-14-8-4-9-15-19)20-16-10-5-11-17-20/h3-17H,2H2,1H3,(H,28,29,30,31). The minimum atomic E-state index is -0.737. The van der Waals surface area contributed by atoms with E-state index in [1.165, 1.54) is 0 Å². The second-order valence-corrected chi connectivity index (χ2v) is 7.79. The van der Waals surface area contributed by atoms with E-state index in [1.807, 2.05) is 61.5 Å². The molecule has 2 aromatic heterocycles. The fraction of sp³-hybridized carbons (Fsp3) is 0.115. The summed E-state index contributed by atoms with van der Waals surface area (Å²) in [6.07, 6.45) is 0.754. The summed E-state index contributed by atoms with van der Waals surface area (Å²) in [6.45, 7) is 2.04. The third kappa shape index (κ3) is 3.11. The highest BCUT2D eigenvalue weighted by Crippen LogP contribution is 2.44. The summed E-state index contributed by atoms with van der Waals surface area (Å²) in [7, 11) is 0. The number of hydrogen-bond acceptors (Lipinski definition) is 3. The first-order valence-electron chi connectivity index (χ1n) is 10.3. The van der Waals surface area contributed by atoms with E-state index in [2.05, 4.69) is 46.6 Å². The maximum atomic E-state index is 6.74. The van der Waals surface area contributed by atoms with E-state index in [-0.39, 0.29) is 0 Å². The number of aromatic amines is 1. The molecule has 0 saturated carbocycles. The number of halogens is 1. The van der Waals surface area contributed by atoms with Crippen molar-refractivity contribution < 1.29 is 0 Å². The maximum absolute atomic E-state index is 6.74. The lowest BCUT2D eigenvalue weighted by atomic mass is 9.68. The first-order valence-corrected chi connectivity index (χ1v) is 10.7. The van der Waals surface area contributed by atoms with Gasteiger partial charge in [-0.05, 0) is 23.1 Å². The molecule has 0 atom stereocenters. The SMILES string of the molecule is CCc1n[nH]c2nc(C(c3ccccc3)(c3ccccc3)c3ccccc3)nc(Cl)c12. The molecule has 5 rings (SSSR count). The van der Waals surface area contributed by atoms with Crippen molar-refractivity contribution in [3.63, 3.8) is 0 Å². The minimum absolute atomic E-state index is 0.415. The number of aryl methyl sites for hydroxylation is 1. The van der Waals surface area contributed by atoms with Crippen molar-refractivity contribution in [2.45, 2.75) is 18.8 Å². The van der Waals surface area contributed by atoms with Crippen LogP contribution >= 0.6 is 11.6 Å². The van der Waals surface area contributed by atoms with Gasteiger partial charge >= 0.3 is 0 Å². The van der Waals surface area contributed by atoms with Crippen LogP contribution in [-0.4, -0.2) is 20.2 Å². The normalized spacial score (nSPS) is 11.7. The summed E-state index contributed by atoms with van der Waals surface area (Å²) < 4.78 is 0. The zero-order valence-electron chi connectivity index (χ0n) is 17.1. The Morgan fingerprint density at radius 1 is 0.742 bits per heavy atom. The summed E-state index contributed by atoms with van der Waals surface area (Å²) in [5, 5.41) is 8.67. The summed E-state index contributed by atoms with van der Waals surface area (Å²) in [5.41, 5.74) is 3.99. The Hall–Kier alpha value is -3.50. The molecule has 4 nitrogen and oxygen atoms in total. The van der Waals surface area contributed by atoms with Crippen LogP contribution in [0.1, 0.15) is 35.1 Å². The highest BCUT2D eigenvalue weighted by molar-refractivity contribution is 6.34. The first-order chi connectivity index (χ1) is 15.2. The molecule has 3 aromatic carbocycles. The number of rotatable bonds is 5. The Morgan fingerprint density at radius 3 is 1.68 bits per heavy atom. The molecule has 31 heavy (non-hydrogen) atoms. The van der Waals surface area contributed by atoms with E-state index in [9.17, 15) is 0 Å². The molecule has 5 aromatic rings. The van der Waals surface area contributed by atoms with Gasteiger partial charge in [0.2, 0.25) is 0 Å². The molecule has 0 bridgehead atoms. The van der Waals surface area contributed by atoms with E-state index in [0.29, 0.717) is 16.6 Å².